The van der Waals surface area contributed by atoms with Crippen LogP contribution in [0.5, 0.6) is 0 Å². The smallest absolute Gasteiger partial charge is 0.378 e. The van der Waals surface area contributed by atoms with E-state index in [-0.39, 0.29) is 11.6 Å². The minimum atomic E-state index is -4.53. The van der Waals surface area contributed by atoms with E-state index in [0.717, 1.165) is 11.6 Å². The van der Waals surface area contributed by atoms with Gasteiger partial charge in [0.05, 0.1) is 17.2 Å². The van der Waals surface area contributed by atoms with Crippen molar-refractivity contribution < 1.29 is 13.2 Å². The number of benzene rings is 1. The van der Waals surface area contributed by atoms with E-state index < -0.39 is 11.7 Å². The summed E-state index contributed by atoms with van der Waals surface area (Å²) in [6, 6.07) is 7.02. The number of nitriles is 1. The fraction of sp³-hybridized carbons (Fsp3) is 0.214. The van der Waals surface area contributed by atoms with Crippen molar-refractivity contribution in [1.29, 1.82) is 5.26 Å². The summed E-state index contributed by atoms with van der Waals surface area (Å²) in [6.45, 7) is 1.87. The van der Waals surface area contributed by atoms with Crippen molar-refractivity contribution in [2.75, 3.05) is 5.32 Å². The molecule has 0 saturated carbocycles. The largest absolute Gasteiger partial charge is 0.417 e. The van der Waals surface area contributed by atoms with Crippen LogP contribution in [0.1, 0.15) is 29.7 Å². The second kappa shape index (κ2) is 5.55. The monoisotopic (exact) mass is 296 g/mol. The third-order valence-electron chi connectivity index (χ3n) is 2.87. The van der Waals surface area contributed by atoms with Crippen LogP contribution in [0.25, 0.3) is 0 Å². The van der Waals surface area contributed by atoms with Crippen LogP contribution in [0.15, 0.2) is 35.0 Å². The SMILES string of the molecule is CC(Nc1ccc(C#N)c(C(F)(F)F)c1)c1ccsc1. The van der Waals surface area contributed by atoms with Gasteiger partial charge in [0.1, 0.15) is 0 Å². The first-order valence-electron chi connectivity index (χ1n) is 5.82. The molecule has 0 spiro atoms. The van der Waals surface area contributed by atoms with Gasteiger partial charge in [0, 0.05) is 11.7 Å². The van der Waals surface area contributed by atoms with E-state index in [1.54, 1.807) is 6.07 Å². The number of halogens is 3. The van der Waals surface area contributed by atoms with Crippen molar-refractivity contribution in [2.45, 2.75) is 19.1 Å². The quantitative estimate of drug-likeness (QED) is 0.882. The second-order valence-corrected chi connectivity index (χ2v) is 5.07. The Bertz CT molecular complexity index is 627. The highest BCUT2D eigenvalue weighted by Gasteiger charge is 2.33. The number of anilines is 1. The average molecular weight is 296 g/mol. The molecular formula is C14H11F3N2S. The van der Waals surface area contributed by atoms with E-state index in [1.165, 1.54) is 23.5 Å². The predicted molar refractivity (Wildman–Crippen MR) is 72.5 cm³/mol. The summed E-state index contributed by atoms with van der Waals surface area (Å²) in [6.07, 6.45) is -4.53. The molecule has 0 aliphatic heterocycles. The molecule has 2 aromatic rings. The van der Waals surface area contributed by atoms with Crippen LogP contribution >= 0.6 is 11.3 Å². The number of alkyl halides is 3. The maximum atomic E-state index is 12.8. The van der Waals surface area contributed by atoms with Crippen LogP contribution in [0.4, 0.5) is 18.9 Å². The molecule has 104 valence electrons. The van der Waals surface area contributed by atoms with Gasteiger partial charge in [0.2, 0.25) is 0 Å². The van der Waals surface area contributed by atoms with Crippen molar-refractivity contribution in [2.24, 2.45) is 0 Å². The number of hydrogen-bond acceptors (Lipinski definition) is 3. The molecule has 2 rings (SSSR count). The van der Waals surface area contributed by atoms with Gasteiger partial charge in [-0.05, 0) is 47.5 Å². The molecule has 0 aliphatic carbocycles. The lowest BCUT2D eigenvalue weighted by atomic mass is 10.1. The Kier molecular flexibility index (Phi) is 4.00. The Balaban J connectivity index is 2.28. The summed E-state index contributed by atoms with van der Waals surface area (Å²) >= 11 is 1.53. The van der Waals surface area contributed by atoms with Gasteiger partial charge in [-0.1, -0.05) is 0 Å². The Morgan fingerprint density at radius 3 is 2.60 bits per heavy atom. The molecule has 1 aromatic carbocycles. The van der Waals surface area contributed by atoms with Gasteiger partial charge >= 0.3 is 6.18 Å². The van der Waals surface area contributed by atoms with Crippen molar-refractivity contribution in [1.82, 2.24) is 0 Å². The summed E-state index contributed by atoms with van der Waals surface area (Å²) in [5.74, 6) is 0. The minimum absolute atomic E-state index is 0.102. The Morgan fingerprint density at radius 2 is 2.05 bits per heavy atom. The zero-order valence-electron chi connectivity index (χ0n) is 10.5. The van der Waals surface area contributed by atoms with Crippen LogP contribution in [0.3, 0.4) is 0 Å². The molecule has 1 unspecified atom stereocenters. The maximum Gasteiger partial charge on any atom is 0.417 e. The molecule has 20 heavy (non-hydrogen) atoms. The summed E-state index contributed by atoms with van der Waals surface area (Å²) in [5, 5.41) is 15.6. The number of rotatable bonds is 3. The van der Waals surface area contributed by atoms with Gasteiger partial charge in [-0.2, -0.15) is 29.8 Å². The van der Waals surface area contributed by atoms with Crippen molar-refractivity contribution in [3.63, 3.8) is 0 Å². The van der Waals surface area contributed by atoms with E-state index >= 15 is 0 Å². The number of thiophene rings is 1. The molecule has 6 heteroatoms. The lowest BCUT2D eigenvalue weighted by molar-refractivity contribution is -0.137. The Hall–Kier alpha value is -2.00. The van der Waals surface area contributed by atoms with Gasteiger partial charge in [0.25, 0.3) is 0 Å². The Morgan fingerprint density at radius 1 is 1.30 bits per heavy atom. The number of hydrogen-bond donors (Lipinski definition) is 1. The molecule has 2 nitrogen and oxygen atoms in total. The molecule has 0 aliphatic rings. The standard InChI is InChI=1S/C14H11F3N2S/c1-9(11-4-5-20-8-11)19-12-3-2-10(7-18)13(6-12)14(15,16)17/h2-6,8-9,19H,1H3. The molecule has 1 aromatic heterocycles. The fourth-order valence-corrected chi connectivity index (χ4v) is 2.57. The van der Waals surface area contributed by atoms with E-state index in [0.29, 0.717) is 5.69 Å². The highest BCUT2D eigenvalue weighted by Crippen LogP contribution is 2.34. The van der Waals surface area contributed by atoms with Crippen LogP contribution in [-0.4, -0.2) is 0 Å². The summed E-state index contributed by atoms with van der Waals surface area (Å²) in [4.78, 5) is 0. The van der Waals surface area contributed by atoms with E-state index in [4.69, 9.17) is 5.26 Å². The van der Waals surface area contributed by atoms with Gasteiger partial charge in [-0.25, -0.2) is 0 Å². The van der Waals surface area contributed by atoms with Crippen LogP contribution in [0.2, 0.25) is 0 Å². The molecule has 0 amide bonds. The van der Waals surface area contributed by atoms with E-state index in [1.807, 2.05) is 23.8 Å². The van der Waals surface area contributed by atoms with Crippen molar-refractivity contribution in [3.8, 4) is 6.07 Å². The first-order chi connectivity index (χ1) is 9.41. The van der Waals surface area contributed by atoms with Crippen LogP contribution in [-0.2, 0) is 6.18 Å². The zero-order chi connectivity index (χ0) is 14.8. The van der Waals surface area contributed by atoms with E-state index in [2.05, 4.69) is 5.32 Å². The second-order valence-electron chi connectivity index (χ2n) is 4.29. The van der Waals surface area contributed by atoms with Gasteiger partial charge < -0.3 is 5.32 Å². The van der Waals surface area contributed by atoms with Crippen LogP contribution in [0, 0.1) is 11.3 Å². The third kappa shape index (κ3) is 3.11. The van der Waals surface area contributed by atoms with Gasteiger partial charge in [-0.3, -0.25) is 0 Å². The maximum absolute atomic E-state index is 12.8. The zero-order valence-corrected chi connectivity index (χ0v) is 11.3. The van der Waals surface area contributed by atoms with Crippen molar-refractivity contribution >= 4 is 17.0 Å². The molecule has 0 saturated heterocycles. The highest BCUT2D eigenvalue weighted by molar-refractivity contribution is 7.07. The summed E-state index contributed by atoms with van der Waals surface area (Å²) in [5.41, 5.74) is 0.0664. The third-order valence-corrected chi connectivity index (χ3v) is 3.57. The number of nitrogens with one attached hydrogen (secondary N) is 1. The first-order valence-corrected chi connectivity index (χ1v) is 6.76. The molecule has 1 atom stereocenters. The average Bonchev–Trinajstić information content (AvgIpc) is 2.91. The summed E-state index contributed by atoms with van der Waals surface area (Å²) < 4.78 is 38.5. The normalized spacial score (nSPS) is 12.8. The molecule has 0 bridgehead atoms. The summed E-state index contributed by atoms with van der Waals surface area (Å²) in [7, 11) is 0. The van der Waals surface area contributed by atoms with Crippen molar-refractivity contribution in [3.05, 3.63) is 51.7 Å². The van der Waals surface area contributed by atoms with Gasteiger partial charge in [-0.15, -0.1) is 0 Å². The molecular weight excluding hydrogens is 285 g/mol. The minimum Gasteiger partial charge on any atom is -0.378 e. The molecule has 0 radical (unpaired) electrons. The van der Waals surface area contributed by atoms with Gasteiger partial charge in [0.15, 0.2) is 0 Å². The molecule has 0 fully saturated rings. The Labute approximate surface area is 118 Å². The topological polar surface area (TPSA) is 35.8 Å². The fourth-order valence-electron chi connectivity index (χ4n) is 1.82. The highest BCUT2D eigenvalue weighted by atomic mass is 32.1. The van der Waals surface area contributed by atoms with Crippen LogP contribution < -0.4 is 5.32 Å². The lowest BCUT2D eigenvalue weighted by Crippen LogP contribution is -2.10. The van der Waals surface area contributed by atoms with E-state index in [9.17, 15) is 13.2 Å². The number of nitrogens with zero attached hydrogens (tertiary/aromatic N) is 1. The molecule has 1 N–H and O–H groups in total. The lowest BCUT2D eigenvalue weighted by Gasteiger charge is -2.16. The predicted octanol–water partition coefficient (Wildman–Crippen LogP) is 4.81. The first kappa shape index (κ1) is 14.4. The molecule has 1 heterocycles.